The number of halogens is 1. The summed E-state index contributed by atoms with van der Waals surface area (Å²) in [5, 5.41) is 3.13. The van der Waals surface area contributed by atoms with Crippen LogP contribution in [-0.4, -0.2) is 106 Å². The van der Waals surface area contributed by atoms with E-state index in [2.05, 4.69) is 88.4 Å². The first-order valence-electron chi connectivity index (χ1n) is 12.8. The zero-order valence-electron chi connectivity index (χ0n) is 22.2. The minimum absolute atomic E-state index is 0.0311. The molecule has 4 rings (SSSR count). The highest BCUT2D eigenvalue weighted by Crippen LogP contribution is 2.43. The lowest BCUT2D eigenvalue weighted by molar-refractivity contribution is -0.0520. The molecule has 196 valence electrons. The molecule has 0 bridgehead atoms. The first kappa shape index (κ1) is 26.9. The standard InChI is InChI=1S/C28H40BrN5O2/c1-31(2)16-20-14-15-34-25(18-32(3)4)27(21-6-8-22(29)9-7-21)26(34)19-33(17-20)28(35)30-23-10-12-24(36-5)13-11-23/h6-13,20,25-27H,14-19H2,1-5H3,(H,30,35)/t20?,25-,26+,27+/m1/s1. The fraction of sp³-hybridized carbons (Fsp3) is 0.536. The summed E-state index contributed by atoms with van der Waals surface area (Å²) in [6, 6.07) is 17.0. The number of hydrogen-bond donors (Lipinski definition) is 1. The van der Waals surface area contributed by atoms with Crippen molar-refractivity contribution in [3.8, 4) is 5.75 Å². The Kier molecular flexibility index (Phi) is 8.93. The molecule has 4 atom stereocenters. The van der Waals surface area contributed by atoms with E-state index >= 15 is 0 Å². The van der Waals surface area contributed by atoms with Crippen LogP contribution in [0.2, 0.25) is 0 Å². The van der Waals surface area contributed by atoms with Crippen LogP contribution in [0.3, 0.4) is 0 Å². The summed E-state index contributed by atoms with van der Waals surface area (Å²) in [5.74, 6) is 1.59. The molecule has 8 heteroatoms. The number of anilines is 1. The molecular formula is C28H40BrN5O2. The smallest absolute Gasteiger partial charge is 0.321 e. The molecule has 2 fully saturated rings. The number of ether oxygens (including phenoxy) is 1. The molecule has 0 aromatic heterocycles. The van der Waals surface area contributed by atoms with Crippen molar-refractivity contribution in [2.45, 2.75) is 24.4 Å². The lowest BCUT2D eigenvalue weighted by Gasteiger charge is -2.58. The Labute approximate surface area is 224 Å². The summed E-state index contributed by atoms with van der Waals surface area (Å²) in [7, 11) is 10.2. The number of hydrogen-bond acceptors (Lipinski definition) is 5. The number of fused-ring (bicyclic) bond motifs is 1. The number of benzene rings is 2. The molecule has 2 aliphatic rings. The molecule has 0 spiro atoms. The van der Waals surface area contributed by atoms with E-state index in [0.717, 1.165) is 55.1 Å². The number of likely N-dealkylation sites (N-methyl/N-ethyl adjacent to an activating group) is 1. The van der Waals surface area contributed by atoms with Crippen LogP contribution in [-0.2, 0) is 0 Å². The van der Waals surface area contributed by atoms with Crippen LogP contribution in [0.5, 0.6) is 5.75 Å². The predicted molar refractivity (Wildman–Crippen MR) is 150 cm³/mol. The van der Waals surface area contributed by atoms with Gasteiger partial charge >= 0.3 is 6.03 Å². The summed E-state index contributed by atoms with van der Waals surface area (Å²) >= 11 is 3.59. The van der Waals surface area contributed by atoms with Gasteiger partial charge in [-0.15, -0.1) is 0 Å². The molecule has 36 heavy (non-hydrogen) atoms. The lowest BCUT2D eigenvalue weighted by atomic mass is 9.73. The highest BCUT2D eigenvalue weighted by atomic mass is 79.9. The molecule has 1 N–H and O–H groups in total. The van der Waals surface area contributed by atoms with Crippen LogP contribution >= 0.6 is 15.9 Å². The number of carbonyl (C=O) groups is 1. The molecule has 2 aliphatic heterocycles. The average Bonchev–Trinajstić information content (AvgIpc) is 2.82. The second kappa shape index (κ2) is 11.9. The molecule has 1 unspecified atom stereocenters. The molecule has 2 aromatic carbocycles. The number of rotatable bonds is 7. The molecule has 2 aromatic rings. The molecule has 2 amide bonds. The second-order valence-electron chi connectivity index (χ2n) is 10.7. The fourth-order valence-electron chi connectivity index (χ4n) is 5.83. The monoisotopic (exact) mass is 557 g/mol. The number of urea groups is 1. The van der Waals surface area contributed by atoms with Crippen molar-refractivity contribution in [2.24, 2.45) is 5.92 Å². The maximum atomic E-state index is 13.6. The zero-order chi connectivity index (χ0) is 25.8. The van der Waals surface area contributed by atoms with Gasteiger partial charge in [-0.25, -0.2) is 4.79 Å². The van der Waals surface area contributed by atoms with E-state index in [9.17, 15) is 4.79 Å². The van der Waals surface area contributed by atoms with Crippen LogP contribution in [0.1, 0.15) is 17.9 Å². The molecule has 0 saturated carbocycles. The van der Waals surface area contributed by atoms with Crippen molar-refractivity contribution >= 4 is 27.6 Å². The quantitative estimate of drug-likeness (QED) is 0.550. The van der Waals surface area contributed by atoms with Crippen molar-refractivity contribution in [3.05, 3.63) is 58.6 Å². The molecule has 7 nitrogen and oxygen atoms in total. The van der Waals surface area contributed by atoms with E-state index in [4.69, 9.17) is 4.74 Å². The van der Waals surface area contributed by atoms with Crippen molar-refractivity contribution in [1.29, 1.82) is 0 Å². The van der Waals surface area contributed by atoms with Gasteiger partial charge in [0.1, 0.15) is 5.75 Å². The summed E-state index contributed by atoms with van der Waals surface area (Å²) in [6.07, 6.45) is 1.08. The van der Waals surface area contributed by atoms with Gasteiger partial charge in [0.25, 0.3) is 0 Å². The maximum absolute atomic E-state index is 13.6. The van der Waals surface area contributed by atoms with Crippen molar-refractivity contribution in [1.82, 2.24) is 19.6 Å². The lowest BCUT2D eigenvalue weighted by Crippen LogP contribution is -2.69. The first-order valence-corrected chi connectivity index (χ1v) is 13.5. The van der Waals surface area contributed by atoms with Crippen LogP contribution in [0.25, 0.3) is 0 Å². The third kappa shape index (κ3) is 6.40. The van der Waals surface area contributed by atoms with E-state index < -0.39 is 0 Å². The van der Waals surface area contributed by atoms with Gasteiger partial charge in [0.05, 0.1) is 7.11 Å². The van der Waals surface area contributed by atoms with E-state index in [-0.39, 0.29) is 6.03 Å². The number of nitrogens with zero attached hydrogens (tertiary/aromatic N) is 4. The normalized spacial score (nSPS) is 24.6. The fourth-order valence-corrected chi connectivity index (χ4v) is 6.09. The van der Waals surface area contributed by atoms with Gasteiger partial charge in [0.2, 0.25) is 0 Å². The Morgan fingerprint density at radius 3 is 2.28 bits per heavy atom. The topological polar surface area (TPSA) is 51.3 Å². The number of carbonyl (C=O) groups excluding carboxylic acids is 1. The molecule has 2 heterocycles. The van der Waals surface area contributed by atoms with E-state index in [0.29, 0.717) is 23.9 Å². The van der Waals surface area contributed by atoms with E-state index in [1.807, 2.05) is 29.2 Å². The maximum Gasteiger partial charge on any atom is 0.321 e. The summed E-state index contributed by atoms with van der Waals surface area (Å²) < 4.78 is 6.36. The molecule has 0 radical (unpaired) electrons. The van der Waals surface area contributed by atoms with Gasteiger partial charge in [-0.2, -0.15) is 0 Å². The number of nitrogens with one attached hydrogen (secondary N) is 1. The molecule has 2 saturated heterocycles. The Morgan fingerprint density at radius 1 is 1.00 bits per heavy atom. The largest absolute Gasteiger partial charge is 0.497 e. The van der Waals surface area contributed by atoms with Crippen molar-refractivity contribution < 1.29 is 9.53 Å². The van der Waals surface area contributed by atoms with Gasteiger partial charge in [-0.05, 0) is 89.0 Å². The highest BCUT2D eigenvalue weighted by Gasteiger charge is 2.50. The third-order valence-corrected chi connectivity index (χ3v) is 7.95. The van der Waals surface area contributed by atoms with Gasteiger partial charge in [0, 0.05) is 54.3 Å². The number of amides is 2. The third-order valence-electron chi connectivity index (χ3n) is 7.42. The predicted octanol–water partition coefficient (Wildman–Crippen LogP) is 4.27. The number of methoxy groups -OCH3 is 1. The highest BCUT2D eigenvalue weighted by molar-refractivity contribution is 9.10. The van der Waals surface area contributed by atoms with Crippen LogP contribution in [0.4, 0.5) is 10.5 Å². The van der Waals surface area contributed by atoms with Crippen molar-refractivity contribution in [3.63, 3.8) is 0 Å². The summed E-state index contributed by atoms with van der Waals surface area (Å²) in [6.45, 7) is 4.53. The first-order chi connectivity index (χ1) is 17.2. The Balaban J connectivity index is 1.58. The summed E-state index contributed by atoms with van der Waals surface area (Å²) in [4.78, 5) is 22.8. The van der Waals surface area contributed by atoms with Crippen LogP contribution < -0.4 is 10.1 Å². The Hall–Kier alpha value is -2.13. The molecule has 0 aliphatic carbocycles. The van der Waals surface area contributed by atoms with Crippen molar-refractivity contribution in [2.75, 3.05) is 73.3 Å². The zero-order valence-corrected chi connectivity index (χ0v) is 23.7. The Morgan fingerprint density at radius 2 is 1.67 bits per heavy atom. The average molecular weight is 559 g/mol. The van der Waals surface area contributed by atoms with Gasteiger partial charge in [-0.1, -0.05) is 28.1 Å². The van der Waals surface area contributed by atoms with Gasteiger partial charge in [-0.3, -0.25) is 4.90 Å². The Bertz CT molecular complexity index is 998. The SMILES string of the molecule is COc1ccc(NC(=O)N2CC(CN(C)C)CCN3[C@H](CN(C)C)[C@H](c4ccc(Br)cc4)[C@@H]3C2)cc1. The van der Waals surface area contributed by atoms with E-state index in [1.165, 1.54) is 5.56 Å². The minimum Gasteiger partial charge on any atom is -0.497 e. The van der Waals surface area contributed by atoms with Gasteiger partial charge < -0.3 is 24.8 Å². The van der Waals surface area contributed by atoms with E-state index in [1.54, 1.807) is 7.11 Å². The second-order valence-corrected chi connectivity index (χ2v) is 11.6. The van der Waals surface area contributed by atoms with Gasteiger partial charge in [0.15, 0.2) is 0 Å². The molecular weight excluding hydrogens is 518 g/mol. The van der Waals surface area contributed by atoms with Crippen LogP contribution in [0.15, 0.2) is 53.0 Å². The summed E-state index contributed by atoms with van der Waals surface area (Å²) in [5.41, 5.74) is 2.14. The van der Waals surface area contributed by atoms with Crippen LogP contribution in [0, 0.1) is 5.92 Å². The minimum atomic E-state index is -0.0311.